The molecule has 0 aliphatic heterocycles. The van der Waals surface area contributed by atoms with Crippen LogP contribution in [0, 0.1) is 0 Å². The summed E-state index contributed by atoms with van der Waals surface area (Å²) in [6, 6.07) is 0. The van der Waals surface area contributed by atoms with Crippen LogP contribution in [0.25, 0.3) is 0 Å². The van der Waals surface area contributed by atoms with Crippen molar-refractivity contribution in [2.45, 2.75) is 200 Å². The Kier molecular flexibility index (Phi) is 44.8. The minimum atomic E-state index is -4.38. The fourth-order valence-electron chi connectivity index (χ4n) is 6.62. The van der Waals surface area contributed by atoms with Crippen molar-refractivity contribution in [3.8, 4) is 0 Å². The topological polar surface area (TPSA) is 108 Å². The van der Waals surface area contributed by atoms with Gasteiger partial charge >= 0.3 is 19.8 Å². The number of carbonyl (C=O) groups excluding carboxylic acids is 2. The number of rotatable bonds is 46. The SMILES string of the molecule is CC/C=C\C/C=C\C/C=C\C/C=C\C/C=C\C/C=C\C/C=C\C/C=C\CCCCCCCCCCC(=O)OC(COC(=O)CCCCCCCCCCC)COP(=O)(O)OCC[N+](C)(C)C. The lowest BCUT2D eigenvalue weighted by Gasteiger charge is -2.24. The molecule has 0 aliphatic rings. The molecular formula is C56H97NO8P+. The average Bonchev–Trinajstić information content (AvgIpc) is 3.27. The lowest BCUT2D eigenvalue weighted by Crippen LogP contribution is -2.37. The van der Waals surface area contributed by atoms with E-state index in [2.05, 4.69) is 111 Å². The van der Waals surface area contributed by atoms with Crippen molar-refractivity contribution >= 4 is 19.8 Å². The first kappa shape index (κ1) is 62.9. The first-order chi connectivity index (χ1) is 32.0. The Morgan fingerprint density at radius 2 is 0.864 bits per heavy atom. The van der Waals surface area contributed by atoms with Gasteiger partial charge in [-0.05, 0) is 77.0 Å². The van der Waals surface area contributed by atoms with Gasteiger partial charge in [-0.15, -0.1) is 0 Å². The van der Waals surface area contributed by atoms with E-state index in [4.69, 9.17) is 18.5 Å². The molecule has 10 heteroatoms. The smallest absolute Gasteiger partial charge is 0.462 e. The summed E-state index contributed by atoms with van der Waals surface area (Å²) in [5.74, 6) is -0.816. The van der Waals surface area contributed by atoms with Gasteiger partial charge < -0.3 is 18.9 Å². The number of nitrogens with zero attached hydrogens (tertiary/aromatic N) is 1. The van der Waals surface area contributed by atoms with Crippen molar-refractivity contribution in [3.63, 3.8) is 0 Å². The largest absolute Gasteiger partial charge is 0.472 e. The Morgan fingerprint density at radius 3 is 1.29 bits per heavy atom. The zero-order valence-electron chi connectivity index (χ0n) is 42.6. The molecule has 378 valence electrons. The fourth-order valence-corrected chi connectivity index (χ4v) is 7.36. The van der Waals surface area contributed by atoms with Gasteiger partial charge in [0.05, 0.1) is 27.7 Å². The summed E-state index contributed by atoms with van der Waals surface area (Å²) in [4.78, 5) is 35.4. The molecule has 0 spiro atoms. The molecule has 66 heavy (non-hydrogen) atoms. The van der Waals surface area contributed by atoms with Crippen molar-refractivity contribution in [1.29, 1.82) is 0 Å². The van der Waals surface area contributed by atoms with Crippen LogP contribution in [0.5, 0.6) is 0 Å². The molecule has 0 fully saturated rings. The number of hydrogen-bond donors (Lipinski definition) is 1. The summed E-state index contributed by atoms with van der Waals surface area (Å²) in [7, 11) is 1.46. The molecule has 0 heterocycles. The van der Waals surface area contributed by atoms with Crippen LogP contribution in [-0.2, 0) is 32.7 Å². The molecule has 0 aromatic heterocycles. The highest BCUT2D eigenvalue weighted by atomic mass is 31.2. The number of allylic oxidation sites excluding steroid dienone is 16. The average molecular weight is 943 g/mol. The van der Waals surface area contributed by atoms with Gasteiger partial charge in [0.15, 0.2) is 6.10 Å². The van der Waals surface area contributed by atoms with E-state index in [-0.39, 0.29) is 32.0 Å². The van der Waals surface area contributed by atoms with Crippen LogP contribution in [0.1, 0.15) is 194 Å². The summed E-state index contributed by atoms with van der Waals surface area (Å²) in [5, 5.41) is 0. The van der Waals surface area contributed by atoms with Crippen molar-refractivity contribution in [2.75, 3.05) is 47.5 Å². The third-order valence-corrected chi connectivity index (χ3v) is 11.6. The standard InChI is InChI=1S/C56H96NO8P/c1-6-8-10-12-14-16-17-18-19-20-21-22-23-24-25-26-27-28-29-30-31-32-33-34-35-36-37-38-39-41-43-45-47-49-56(59)65-54(53-64-66(60,61)63-51-50-57(3,4)5)52-62-55(58)48-46-44-42-40-15-13-11-9-7-2/h8,10,14,16,18-19,21-22,24-25,27-28,30-31,33-34,54H,6-7,9,11-13,15,17,20,23,26,29,32,35-53H2,1-5H3/p+1/b10-8-,16-14-,19-18-,22-21-,25-24-,28-27-,31-30-,34-33-. The van der Waals surface area contributed by atoms with Crippen LogP contribution in [0.4, 0.5) is 0 Å². The summed E-state index contributed by atoms with van der Waals surface area (Å²) >= 11 is 0. The van der Waals surface area contributed by atoms with E-state index in [1.165, 1.54) is 64.2 Å². The Morgan fingerprint density at radius 1 is 0.485 bits per heavy atom. The number of carbonyl (C=O) groups is 2. The van der Waals surface area contributed by atoms with Gasteiger partial charge in [-0.2, -0.15) is 0 Å². The van der Waals surface area contributed by atoms with Crippen molar-refractivity contribution in [2.24, 2.45) is 0 Å². The van der Waals surface area contributed by atoms with Gasteiger partial charge in [-0.25, -0.2) is 4.57 Å². The highest BCUT2D eigenvalue weighted by Gasteiger charge is 2.27. The second kappa shape index (κ2) is 47.0. The molecule has 2 atom stereocenters. The number of ether oxygens (including phenoxy) is 2. The summed E-state index contributed by atoms with van der Waals surface area (Å²) in [5.41, 5.74) is 0. The lowest BCUT2D eigenvalue weighted by atomic mass is 10.1. The zero-order chi connectivity index (χ0) is 48.5. The highest BCUT2D eigenvalue weighted by Crippen LogP contribution is 2.43. The van der Waals surface area contributed by atoms with E-state index in [0.29, 0.717) is 17.4 Å². The molecule has 0 rings (SSSR count). The first-order valence-electron chi connectivity index (χ1n) is 26.0. The second-order valence-corrected chi connectivity index (χ2v) is 19.6. The van der Waals surface area contributed by atoms with Gasteiger partial charge in [0, 0.05) is 12.8 Å². The molecule has 2 unspecified atom stereocenters. The van der Waals surface area contributed by atoms with Gasteiger partial charge in [-0.1, -0.05) is 201 Å². The predicted octanol–water partition coefficient (Wildman–Crippen LogP) is 15.7. The molecule has 0 amide bonds. The van der Waals surface area contributed by atoms with Gasteiger partial charge in [0.25, 0.3) is 0 Å². The van der Waals surface area contributed by atoms with E-state index in [1.54, 1.807) is 0 Å². The van der Waals surface area contributed by atoms with E-state index in [0.717, 1.165) is 96.3 Å². The monoisotopic (exact) mass is 943 g/mol. The number of esters is 2. The van der Waals surface area contributed by atoms with Crippen LogP contribution in [0.15, 0.2) is 97.2 Å². The molecule has 0 radical (unpaired) electrons. The predicted molar refractivity (Wildman–Crippen MR) is 279 cm³/mol. The van der Waals surface area contributed by atoms with Crippen LogP contribution >= 0.6 is 7.82 Å². The van der Waals surface area contributed by atoms with Crippen molar-refractivity contribution in [1.82, 2.24) is 0 Å². The zero-order valence-corrected chi connectivity index (χ0v) is 43.5. The molecule has 9 nitrogen and oxygen atoms in total. The van der Waals surface area contributed by atoms with Crippen molar-refractivity contribution < 1.29 is 42.1 Å². The normalized spacial score (nSPS) is 14.2. The lowest BCUT2D eigenvalue weighted by molar-refractivity contribution is -0.870. The first-order valence-corrected chi connectivity index (χ1v) is 27.5. The Balaban J connectivity index is 4.13. The van der Waals surface area contributed by atoms with E-state index < -0.39 is 26.5 Å². The van der Waals surface area contributed by atoms with Gasteiger partial charge in [-0.3, -0.25) is 18.6 Å². The minimum Gasteiger partial charge on any atom is -0.462 e. The Hall–Kier alpha value is -3.07. The maximum atomic E-state index is 12.7. The molecule has 0 aromatic carbocycles. The van der Waals surface area contributed by atoms with Gasteiger partial charge in [0.2, 0.25) is 0 Å². The summed E-state index contributed by atoms with van der Waals surface area (Å²) in [6.45, 7) is 4.26. The highest BCUT2D eigenvalue weighted by molar-refractivity contribution is 7.47. The van der Waals surface area contributed by atoms with Crippen LogP contribution in [0.3, 0.4) is 0 Å². The maximum Gasteiger partial charge on any atom is 0.472 e. The van der Waals surface area contributed by atoms with E-state index >= 15 is 0 Å². The maximum absolute atomic E-state index is 12.7. The third kappa shape index (κ3) is 50.3. The number of unbranched alkanes of at least 4 members (excludes halogenated alkanes) is 16. The molecule has 0 saturated carbocycles. The molecule has 1 N–H and O–H groups in total. The third-order valence-electron chi connectivity index (χ3n) is 10.6. The Labute approximate surface area is 404 Å². The second-order valence-electron chi connectivity index (χ2n) is 18.2. The van der Waals surface area contributed by atoms with E-state index in [9.17, 15) is 19.0 Å². The van der Waals surface area contributed by atoms with Crippen molar-refractivity contribution in [3.05, 3.63) is 97.2 Å². The fraction of sp³-hybridized carbons (Fsp3) is 0.679. The van der Waals surface area contributed by atoms with Gasteiger partial charge in [0.1, 0.15) is 19.8 Å². The number of phosphoric acid groups is 1. The van der Waals surface area contributed by atoms with E-state index in [1.807, 2.05) is 21.1 Å². The van der Waals surface area contributed by atoms with Crippen LogP contribution < -0.4 is 0 Å². The quantitative estimate of drug-likeness (QED) is 0.0211. The minimum absolute atomic E-state index is 0.0263. The number of quaternary nitrogens is 1. The molecule has 0 saturated heterocycles. The summed E-state index contributed by atoms with van der Waals surface area (Å²) in [6.07, 6.45) is 63.4. The Bertz CT molecular complexity index is 1440. The molecule has 0 bridgehead atoms. The molecule has 0 aliphatic carbocycles. The number of phosphoric ester groups is 1. The summed E-state index contributed by atoms with van der Waals surface area (Å²) < 4.78 is 34.3. The molecular weight excluding hydrogens is 846 g/mol. The van der Waals surface area contributed by atoms with Crippen LogP contribution in [-0.4, -0.2) is 74.9 Å². The number of likely N-dealkylation sites (N-methyl/N-ethyl adjacent to an activating group) is 1. The number of hydrogen-bond acceptors (Lipinski definition) is 7. The van der Waals surface area contributed by atoms with Crippen LogP contribution in [0.2, 0.25) is 0 Å². The molecule has 0 aromatic rings.